The third kappa shape index (κ3) is 23.7. The van der Waals surface area contributed by atoms with Gasteiger partial charge in [-0.05, 0) is 12.8 Å². The smallest absolute Gasteiger partial charge is 0.303 e. The summed E-state index contributed by atoms with van der Waals surface area (Å²) in [6.07, 6.45) is 20.9. The molecule has 0 aliphatic rings. The number of unbranched alkanes of at least 4 members (excludes halogenated alkanes) is 15. The molecule has 148 valence electrons. The van der Waals surface area contributed by atoms with Crippen molar-refractivity contribution in [2.75, 3.05) is 6.54 Å². The Balaban J connectivity index is 3.00. The maximum Gasteiger partial charge on any atom is 0.303 e. The summed E-state index contributed by atoms with van der Waals surface area (Å²) in [7, 11) is 0. The largest absolute Gasteiger partial charge is 0.481 e. The molecule has 0 aromatic rings. The van der Waals surface area contributed by atoms with Crippen molar-refractivity contribution in [3.8, 4) is 0 Å². The van der Waals surface area contributed by atoms with Crippen LogP contribution < -0.4 is 5.32 Å². The first-order valence-electron chi connectivity index (χ1n) is 10.3. The topological polar surface area (TPSA) is 49.3 Å². The van der Waals surface area contributed by atoms with Crippen LogP contribution in [0.25, 0.3) is 0 Å². The van der Waals surface area contributed by atoms with Gasteiger partial charge in [0.25, 0.3) is 0 Å². The summed E-state index contributed by atoms with van der Waals surface area (Å²) in [5.41, 5.74) is 0. The summed E-state index contributed by atoms with van der Waals surface area (Å²) in [6.45, 7) is 0.963. The van der Waals surface area contributed by atoms with E-state index in [2.05, 4.69) is 17.9 Å². The number of thiol groups is 1. The summed E-state index contributed by atoms with van der Waals surface area (Å²) in [4.78, 5) is 10.4. The van der Waals surface area contributed by atoms with E-state index in [0.717, 1.165) is 19.4 Å². The fourth-order valence-corrected chi connectivity index (χ4v) is 3.29. The number of carboxylic acid groups (broad SMARTS) is 1. The minimum atomic E-state index is -0.660. The first-order chi connectivity index (χ1) is 12.1. The van der Waals surface area contributed by atoms with Gasteiger partial charge in [-0.15, -0.1) is 12.6 Å². The van der Waals surface area contributed by atoms with Gasteiger partial charge in [0, 0.05) is 13.0 Å². The average Bonchev–Trinajstić information content (AvgIpc) is 2.56. The van der Waals surface area contributed by atoms with E-state index in [9.17, 15) is 4.79 Å². The molecule has 5 heteroatoms. The van der Waals surface area contributed by atoms with Gasteiger partial charge in [0.1, 0.15) is 4.32 Å². The lowest BCUT2D eigenvalue weighted by molar-refractivity contribution is -0.137. The number of carboxylic acids is 1. The Bertz CT molecular complexity index is 295. The van der Waals surface area contributed by atoms with E-state index < -0.39 is 5.97 Å². The van der Waals surface area contributed by atoms with Crippen LogP contribution in [0.15, 0.2) is 0 Å². The van der Waals surface area contributed by atoms with Crippen molar-refractivity contribution in [1.29, 1.82) is 0 Å². The highest BCUT2D eigenvalue weighted by molar-refractivity contribution is 8.11. The number of aliphatic carboxylic acids is 1. The van der Waals surface area contributed by atoms with Crippen LogP contribution in [-0.4, -0.2) is 21.9 Å². The first-order valence-corrected chi connectivity index (χ1v) is 11.2. The van der Waals surface area contributed by atoms with Crippen molar-refractivity contribution in [1.82, 2.24) is 5.32 Å². The molecule has 2 N–H and O–H groups in total. The van der Waals surface area contributed by atoms with Gasteiger partial charge in [-0.1, -0.05) is 102 Å². The lowest BCUT2D eigenvalue weighted by Gasteiger charge is -2.04. The third-order valence-corrected chi connectivity index (χ3v) is 4.90. The monoisotopic (exact) mass is 389 g/mol. The molecule has 0 heterocycles. The SMILES string of the molecule is O=C(O)CCCCCCCCCCCCCCCCCCNC(=S)S. The van der Waals surface area contributed by atoms with Crippen molar-refractivity contribution < 1.29 is 9.90 Å². The highest BCUT2D eigenvalue weighted by atomic mass is 32.1. The molecular formula is C20H39NO2S2. The molecule has 3 nitrogen and oxygen atoms in total. The molecule has 0 aromatic carbocycles. The van der Waals surface area contributed by atoms with Gasteiger partial charge < -0.3 is 10.4 Å². The van der Waals surface area contributed by atoms with E-state index in [1.165, 1.54) is 89.9 Å². The second kappa shape index (κ2) is 20.0. The molecular weight excluding hydrogens is 350 g/mol. The van der Waals surface area contributed by atoms with Crippen molar-refractivity contribution in [3.63, 3.8) is 0 Å². The fourth-order valence-electron chi connectivity index (χ4n) is 3.07. The van der Waals surface area contributed by atoms with Gasteiger partial charge in [-0.3, -0.25) is 4.79 Å². The summed E-state index contributed by atoms with van der Waals surface area (Å²) in [5, 5.41) is 11.6. The Morgan fingerprint density at radius 3 is 1.32 bits per heavy atom. The van der Waals surface area contributed by atoms with E-state index in [4.69, 9.17) is 17.3 Å². The van der Waals surface area contributed by atoms with Crippen LogP contribution in [0.5, 0.6) is 0 Å². The normalized spacial score (nSPS) is 10.8. The molecule has 0 aliphatic carbocycles. The van der Waals surface area contributed by atoms with Gasteiger partial charge >= 0.3 is 5.97 Å². The zero-order valence-electron chi connectivity index (χ0n) is 15.9. The summed E-state index contributed by atoms with van der Waals surface area (Å²) < 4.78 is 0.607. The zero-order valence-corrected chi connectivity index (χ0v) is 17.6. The number of hydrogen-bond acceptors (Lipinski definition) is 2. The Kier molecular flexibility index (Phi) is 19.8. The Morgan fingerprint density at radius 2 is 1.00 bits per heavy atom. The molecule has 0 radical (unpaired) electrons. The number of rotatable bonds is 19. The standard InChI is InChI=1S/C20H39NO2S2/c22-19(23)17-15-13-11-9-7-5-3-1-2-4-6-8-10-12-14-16-18-21-20(24)25/h1-18H2,(H,22,23)(H2,21,24,25). The molecule has 0 saturated heterocycles. The van der Waals surface area contributed by atoms with E-state index in [1.807, 2.05) is 0 Å². The Morgan fingerprint density at radius 1 is 0.680 bits per heavy atom. The zero-order chi connectivity index (χ0) is 18.6. The van der Waals surface area contributed by atoms with Crippen molar-refractivity contribution in [3.05, 3.63) is 0 Å². The number of hydrogen-bond donors (Lipinski definition) is 3. The number of carbonyl (C=O) groups is 1. The van der Waals surface area contributed by atoms with E-state index in [1.54, 1.807) is 0 Å². The Hall–Kier alpha value is -0.290. The molecule has 0 rings (SSSR count). The maximum atomic E-state index is 10.4. The highest BCUT2D eigenvalue weighted by Gasteiger charge is 1.97. The van der Waals surface area contributed by atoms with E-state index >= 15 is 0 Å². The molecule has 0 bridgehead atoms. The van der Waals surface area contributed by atoms with Crippen LogP contribution >= 0.6 is 24.8 Å². The Labute approximate surface area is 166 Å². The number of thiocarbonyl (C=S) groups is 1. The van der Waals surface area contributed by atoms with Crippen LogP contribution in [0.1, 0.15) is 109 Å². The minimum Gasteiger partial charge on any atom is -0.481 e. The quantitative estimate of drug-likeness (QED) is 0.134. The third-order valence-electron chi connectivity index (χ3n) is 4.59. The molecule has 0 unspecified atom stereocenters. The number of nitrogens with one attached hydrogen (secondary N) is 1. The van der Waals surface area contributed by atoms with Gasteiger partial charge in [-0.2, -0.15) is 0 Å². The maximum absolute atomic E-state index is 10.4. The lowest BCUT2D eigenvalue weighted by Crippen LogP contribution is -2.17. The molecule has 0 fully saturated rings. The van der Waals surface area contributed by atoms with E-state index in [-0.39, 0.29) is 0 Å². The van der Waals surface area contributed by atoms with Gasteiger partial charge in [0.05, 0.1) is 0 Å². The van der Waals surface area contributed by atoms with Crippen molar-refractivity contribution >= 4 is 35.1 Å². The second-order valence-corrected chi connectivity index (χ2v) is 8.19. The summed E-state index contributed by atoms with van der Waals surface area (Å²) in [5.74, 6) is -0.660. The summed E-state index contributed by atoms with van der Waals surface area (Å²) >= 11 is 8.89. The predicted octanol–water partition coefficient (Wildman–Crippen LogP) is 6.51. The molecule has 0 aliphatic heterocycles. The fraction of sp³-hybridized carbons (Fsp3) is 0.900. The van der Waals surface area contributed by atoms with Gasteiger partial charge in [0.2, 0.25) is 0 Å². The second-order valence-electron chi connectivity index (χ2n) is 7.03. The predicted molar refractivity (Wildman–Crippen MR) is 116 cm³/mol. The van der Waals surface area contributed by atoms with Crippen molar-refractivity contribution in [2.45, 2.75) is 109 Å². The van der Waals surface area contributed by atoms with Crippen molar-refractivity contribution in [2.24, 2.45) is 0 Å². The van der Waals surface area contributed by atoms with Crippen LogP contribution in [0, 0.1) is 0 Å². The van der Waals surface area contributed by atoms with Crippen LogP contribution in [0.4, 0.5) is 0 Å². The summed E-state index contributed by atoms with van der Waals surface area (Å²) in [6, 6.07) is 0. The molecule has 25 heavy (non-hydrogen) atoms. The van der Waals surface area contributed by atoms with Crippen LogP contribution in [0.3, 0.4) is 0 Å². The lowest BCUT2D eigenvalue weighted by atomic mass is 10.0. The average molecular weight is 390 g/mol. The van der Waals surface area contributed by atoms with E-state index in [0.29, 0.717) is 10.7 Å². The minimum absolute atomic E-state index is 0.335. The van der Waals surface area contributed by atoms with Gasteiger partial charge in [0.15, 0.2) is 0 Å². The highest BCUT2D eigenvalue weighted by Crippen LogP contribution is 2.14. The molecule has 0 atom stereocenters. The molecule has 0 saturated carbocycles. The van der Waals surface area contributed by atoms with Crippen LogP contribution in [0.2, 0.25) is 0 Å². The molecule has 0 spiro atoms. The first kappa shape index (κ1) is 24.7. The molecule has 0 amide bonds. The van der Waals surface area contributed by atoms with Crippen LogP contribution in [-0.2, 0) is 4.79 Å². The van der Waals surface area contributed by atoms with Gasteiger partial charge in [-0.25, -0.2) is 0 Å². The molecule has 0 aromatic heterocycles.